The van der Waals surface area contributed by atoms with Crippen molar-refractivity contribution < 1.29 is 33.0 Å². The molecule has 2 heterocycles. The Hall–Kier alpha value is -3.53. The maximum atomic E-state index is 12.5. The molecule has 1 aromatic carbocycles. The van der Waals surface area contributed by atoms with Crippen molar-refractivity contribution in [1.82, 2.24) is 4.90 Å². The average Bonchev–Trinajstić information content (AvgIpc) is 3.25. The Balaban J connectivity index is 1.67. The first-order valence-electron chi connectivity index (χ1n) is 9.27. The van der Waals surface area contributed by atoms with E-state index < -0.39 is 17.8 Å². The van der Waals surface area contributed by atoms with Crippen molar-refractivity contribution in [2.75, 3.05) is 32.3 Å². The second-order valence-electron chi connectivity index (χ2n) is 6.73. The van der Waals surface area contributed by atoms with Gasteiger partial charge in [0.15, 0.2) is 11.5 Å². The van der Waals surface area contributed by atoms with Crippen LogP contribution in [0.4, 0.5) is 5.88 Å². The third-order valence-corrected chi connectivity index (χ3v) is 4.37. The van der Waals surface area contributed by atoms with Gasteiger partial charge >= 0.3 is 5.97 Å². The molecule has 3 rings (SSSR count). The van der Waals surface area contributed by atoms with E-state index >= 15 is 0 Å². The van der Waals surface area contributed by atoms with E-state index in [0.717, 1.165) is 5.56 Å². The van der Waals surface area contributed by atoms with Gasteiger partial charge in [0.25, 0.3) is 5.91 Å². The number of carbonyl (C=O) groups is 3. The molecule has 0 unspecified atom stereocenters. The standard InChI is InChI=1S/C20H23N3O7/c1-4-27-20(26)16-11(2)30-19(17(16)18(21)25)22-15(24)9-23(3)8-12-5-6-13-14(7-12)29-10-28-13/h5-7H,4,8-10H2,1-3H3,(H2,21,25)(H,22,24). The Kier molecular flexibility index (Phi) is 6.26. The first kappa shape index (κ1) is 21.2. The first-order chi connectivity index (χ1) is 14.3. The lowest BCUT2D eigenvalue weighted by Crippen LogP contribution is -2.30. The molecule has 0 atom stereocenters. The van der Waals surface area contributed by atoms with Crippen LogP contribution in [0.5, 0.6) is 11.5 Å². The summed E-state index contributed by atoms with van der Waals surface area (Å²) in [4.78, 5) is 38.2. The molecule has 10 nitrogen and oxygen atoms in total. The summed E-state index contributed by atoms with van der Waals surface area (Å²) in [5, 5.41) is 2.51. The predicted octanol–water partition coefficient (Wildman–Crippen LogP) is 1.66. The molecule has 2 aromatic rings. The van der Waals surface area contributed by atoms with Crippen LogP contribution < -0.4 is 20.5 Å². The highest BCUT2D eigenvalue weighted by atomic mass is 16.7. The number of likely N-dealkylation sites (N-methyl/N-ethyl adjacent to an activating group) is 1. The minimum Gasteiger partial charge on any atom is -0.462 e. The third kappa shape index (κ3) is 4.54. The fraction of sp³-hybridized carbons (Fsp3) is 0.350. The molecule has 0 spiro atoms. The van der Waals surface area contributed by atoms with Crippen LogP contribution in [0.25, 0.3) is 0 Å². The molecule has 0 radical (unpaired) electrons. The Morgan fingerprint density at radius 1 is 1.20 bits per heavy atom. The van der Waals surface area contributed by atoms with Gasteiger partial charge in [-0.2, -0.15) is 0 Å². The number of nitrogens with two attached hydrogens (primary N) is 1. The van der Waals surface area contributed by atoms with E-state index in [1.165, 1.54) is 6.92 Å². The van der Waals surface area contributed by atoms with Crippen molar-refractivity contribution in [3.8, 4) is 11.5 Å². The van der Waals surface area contributed by atoms with Gasteiger partial charge < -0.3 is 24.4 Å². The van der Waals surface area contributed by atoms with Crippen molar-refractivity contribution in [3.63, 3.8) is 0 Å². The van der Waals surface area contributed by atoms with E-state index in [1.807, 2.05) is 18.2 Å². The van der Waals surface area contributed by atoms with Gasteiger partial charge in [-0.05, 0) is 38.6 Å². The zero-order valence-electron chi connectivity index (χ0n) is 16.9. The molecule has 2 amide bonds. The summed E-state index contributed by atoms with van der Waals surface area (Å²) >= 11 is 0. The van der Waals surface area contributed by atoms with E-state index in [9.17, 15) is 14.4 Å². The summed E-state index contributed by atoms with van der Waals surface area (Å²) in [6.07, 6.45) is 0. The van der Waals surface area contributed by atoms with Gasteiger partial charge in [-0.25, -0.2) is 4.79 Å². The van der Waals surface area contributed by atoms with Crippen molar-refractivity contribution in [2.24, 2.45) is 5.73 Å². The van der Waals surface area contributed by atoms with Gasteiger partial charge in [0, 0.05) is 6.54 Å². The summed E-state index contributed by atoms with van der Waals surface area (Å²) in [7, 11) is 1.76. The summed E-state index contributed by atoms with van der Waals surface area (Å²) in [6, 6.07) is 5.55. The molecule has 160 valence electrons. The normalized spacial score (nSPS) is 12.1. The number of amides is 2. The number of anilines is 1. The molecule has 0 saturated heterocycles. The fourth-order valence-electron chi connectivity index (χ4n) is 3.14. The Morgan fingerprint density at radius 3 is 2.63 bits per heavy atom. The third-order valence-electron chi connectivity index (χ3n) is 4.37. The maximum Gasteiger partial charge on any atom is 0.342 e. The number of ether oxygens (including phenoxy) is 3. The van der Waals surface area contributed by atoms with Gasteiger partial charge in [-0.3, -0.25) is 19.8 Å². The van der Waals surface area contributed by atoms with Crippen molar-refractivity contribution in [1.29, 1.82) is 0 Å². The van der Waals surface area contributed by atoms with Crippen molar-refractivity contribution >= 4 is 23.7 Å². The largest absolute Gasteiger partial charge is 0.462 e. The van der Waals surface area contributed by atoms with E-state index in [-0.39, 0.29) is 42.7 Å². The summed E-state index contributed by atoms with van der Waals surface area (Å²) in [6.45, 7) is 3.90. The topological polar surface area (TPSA) is 133 Å². The number of fused-ring (bicyclic) bond motifs is 1. The van der Waals surface area contributed by atoms with E-state index in [0.29, 0.717) is 18.0 Å². The minimum absolute atomic E-state index is 0.00112. The Labute approximate surface area is 172 Å². The number of nitrogens with one attached hydrogen (secondary N) is 1. The van der Waals surface area contributed by atoms with Crippen molar-refractivity contribution in [2.45, 2.75) is 20.4 Å². The zero-order valence-corrected chi connectivity index (χ0v) is 16.9. The van der Waals surface area contributed by atoms with Crippen LogP contribution in [0.15, 0.2) is 22.6 Å². The van der Waals surface area contributed by atoms with Crippen molar-refractivity contribution in [3.05, 3.63) is 40.6 Å². The monoisotopic (exact) mass is 417 g/mol. The second-order valence-corrected chi connectivity index (χ2v) is 6.73. The van der Waals surface area contributed by atoms with Crippen LogP contribution in [-0.4, -0.2) is 49.7 Å². The highest BCUT2D eigenvalue weighted by molar-refractivity contribution is 6.10. The Morgan fingerprint density at radius 2 is 1.93 bits per heavy atom. The highest BCUT2D eigenvalue weighted by Gasteiger charge is 2.29. The molecular weight excluding hydrogens is 394 g/mol. The quantitative estimate of drug-likeness (QED) is 0.620. The van der Waals surface area contributed by atoms with Gasteiger partial charge in [0.2, 0.25) is 18.6 Å². The van der Waals surface area contributed by atoms with E-state index in [2.05, 4.69) is 5.32 Å². The van der Waals surface area contributed by atoms with Gasteiger partial charge in [0.1, 0.15) is 16.9 Å². The average molecular weight is 417 g/mol. The van der Waals surface area contributed by atoms with Crippen LogP contribution in [0.2, 0.25) is 0 Å². The van der Waals surface area contributed by atoms with Crippen LogP contribution in [0.1, 0.15) is 39.0 Å². The number of rotatable bonds is 8. The maximum absolute atomic E-state index is 12.5. The molecule has 0 bridgehead atoms. The van der Waals surface area contributed by atoms with Crippen LogP contribution in [0, 0.1) is 6.92 Å². The Bertz CT molecular complexity index is 983. The lowest BCUT2D eigenvalue weighted by Gasteiger charge is -2.16. The number of hydrogen-bond donors (Lipinski definition) is 2. The second kappa shape index (κ2) is 8.87. The summed E-state index contributed by atoms with van der Waals surface area (Å²) in [5.41, 5.74) is 6.03. The van der Waals surface area contributed by atoms with E-state index in [1.54, 1.807) is 18.9 Å². The first-order valence-corrected chi connectivity index (χ1v) is 9.27. The number of benzene rings is 1. The molecule has 10 heteroatoms. The number of primary amides is 1. The number of aryl methyl sites for hydroxylation is 1. The smallest absolute Gasteiger partial charge is 0.342 e. The van der Waals surface area contributed by atoms with Crippen LogP contribution >= 0.6 is 0 Å². The fourth-order valence-corrected chi connectivity index (χ4v) is 3.14. The summed E-state index contributed by atoms with van der Waals surface area (Å²) in [5.74, 6) is -0.787. The van der Waals surface area contributed by atoms with Gasteiger partial charge in [-0.1, -0.05) is 6.07 Å². The molecule has 30 heavy (non-hydrogen) atoms. The number of carbonyl (C=O) groups excluding carboxylic acids is 3. The van der Waals surface area contributed by atoms with E-state index in [4.69, 9.17) is 24.4 Å². The molecule has 3 N–H and O–H groups in total. The predicted molar refractivity (Wildman–Crippen MR) is 105 cm³/mol. The number of furan rings is 1. The lowest BCUT2D eigenvalue weighted by molar-refractivity contribution is -0.117. The van der Waals surface area contributed by atoms with Gasteiger partial charge in [-0.15, -0.1) is 0 Å². The lowest BCUT2D eigenvalue weighted by atomic mass is 10.1. The van der Waals surface area contributed by atoms with Gasteiger partial charge in [0.05, 0.1) is 13.2 Å². The number of hydrogen-bond acceptors (Lipinski definition) is 8. The molecule has 1 aromatic heterocycles. The molecule has 0 fully saturated rings. The molecular formula is C20H23N3O7. The minimum atomic E-state index is -0.904. The van der Waals surface area contributed by atoms with Crippen LogP contribution in [-0.2, 0) is 16.1 Å². The SMILES string of the molecule is CCOC(=O)c1c(C)oc(NC(=O)CN(C)Cc2ccc3c(c2)OCO3)c1C(N)=O. The molecule has 1 aliphatic heterocycles. The highest BCUT2D eigenvalue weighted by Crippen LogP contribution is 2.32. The summed E-state index contributed by atoms with van der Waals surface area (Å²) < 4.78 is 21.0. The van der Waals surface area contributed by atoms with Crippen LogP contribution in [0.3, 0.4) is 0 Å². The molecule has 0 saturated carbocycles. The molecule has 0 aliphatic carbocycles. The number of nitrogens with zero attached hydrogens (tertiary/aromatic N) is 1. The zero-order chi connectivity index (χ0) is 21.8. The molecule has 1 aliphatic rings. The number of esters is 1.